The van der Waals surface area contributed by atoms with Gasteiger partial charge in [-0.1, -0.05) is 78.7 Å². The highest BCUT2D eigenvalue weighted by molar-refractivity contribution is 7.91. The number of hydrogen-bond donors (Lipinski definition) is 2. The van der Waals surface area contributed by atoms with Gasteiger partial charge in [0.15, 0.2) is 0 Å². The van der Waals surface area contributed by atoms with Crippen LogP contribution >= 0.6 is 34.5 Å². The molecule has 2 N–H and O–H groups in total. The van der Waals surface area contributed by atoms with Gasteiger partial charge in [0, 0.05) is 11.1 Å². The quantitative estimate of drug-likeness (QED) is 0.407. The van der Waals surface area contributed by atoms with Crippen molar-refractivity contribution < 1.29 is 13.2 Å². The molecule has 0 bridgehead atoms. The first-order valence-electron chi connectivity index (χ1n) is 9.66. The summed E-state index contributed by atoms with van der Waals surface area (Å²) >= 11 is 12.6. The van der Waals surface area contributed by atoms with E-state index in [1.807, 2.05) is 30.3 Å². The number of sulfonamides is 1. The molecular formula is C21H22Cl2N4O3S2. The molecule has 0 aliphatic carbocycles. The highest BCUT2D eigenvalue weighted by Gasteiger charge is 2.28. The molecule has 1 unspecified atom stereocenters. The SMILES string of the molecule is CC(CC(C)(C)c1ccccc1)NS(=O)(=O)c1nnc(NC(=O)c2ccc(Cl)cc2Cl)s1. The Hall–Kier alpha value is -2.04. The van der Waals surface area contributed by atoms with E-state index < -0.39 is 15.9 Å². The number of nitrogens with one attached hydrogen (secondary N) is 2. The molecule has 32 heavy (non-hydrogen) atoms. The van der Waals surface area contributed by atoms with Crippen LogP contribution in [-0.4, -0.2) is 30.6 Å². The molecule has 0 radical (unpaired) electrons. The summed E-state index contributed by atoms with van der Waals surface area (Å²) in [5, 5.41) is 10.6. The minimum Gasteiger partial charge on any atom is -0.296 e. The maximum atomic E-state index is 12.8. The Morgan fingerprint density at radius 3 is 2.47 bits per heavy atom. The first kappa shape index (κ1) is 24.6. The molecule has 0 saturated heterocycles. The van der Waals surface area contributed by atoms with Gasteiger partial charge in [0.05, 0.1) is 10.6 Å². The van der Waals surface area contributed by atoms with Gasteiger partial charge in [-0.15, -0.1) is 10.2 Å². The van der Waals surface area contributed by atoms with Crippen molar-refractivity contribution in [2.75, 3.05) is 5.32 Å². The Bertz CT molecular complexity index is 1210. The number of amides is 1. The lowest BCUT2D eigenvalue weighted by Gasteiger charge is -2.28. The molecule has 0 aliphatic rings. The van der Waals surface area contributed by atoms with E-state index in [2.05, 4.69) is 34.1 Å². The first-order valence-corrected chi connectivity index (χ1v) is 12.7. The number of nitrogens with zero attached hydrogens (tertiary/aromatic N) is 2. The Morgan fingerprint density at radius 1 is 1.12 bits per heavy atom. The Labute approximate surface area is 201 Å². The van der Waals surface area contributed by atoms with Crippen LogP contribution in [0.3, 0.4) is 0 Å². The number of aromatic nitrogens is 2. The van der Waals surface area contributed by atoms with Crippen molar-refractivity contribution in [1.82, 2.24) is 14.9 Å². The van der Waals surface area contributed by atoms with E-state index in [1.54, 1.807) is 6.92 Å². The number of hydrogen-bond acceptors (Lipinski definition) is 6. The van der Waals surface area contributed by atoms with Crippen LogP contribution in [0.2, 0.25) is 10.0 Å². The lowest BCUT2D eigenvalue weighted by molar-refractivity contribution is 0.102. The highest BCUT2D eigenvalue weighted by Crippen LogP contribution is 2.29. The molecule has 170 valence electrons. The van der Waals surface area contributed by atoms with E-state index in [-0.39, 0.29) is 31.5 Å². The maximum Gasteiger partial charge on any atom is 0.270 e. The van der Waals surface area contributed by atoms with Crippen LogP contribution in [0.15, 0.2) is 52.9 Å². The molecule has 11 heteroatoms. The lowest BCUT2D eigenvalue weighted by Crippen LogP contribution is -2.37. The van der Waals surface area contributed by atoms with E-state index in [0.717, 1.165) is 16.9 Å². The van der Waals surface area contributed by atoms with Gasteiger partial charge in [0.25, 0.3) is 15.9 Å². The molecule has 1 heterocycles. The minimum absolute atomic E-state index is 0.0404. The van der Waals surface area contributed by atoms with Crippen molar-refractivity contribution in [2.45, 2.75) is 43.0 Å². The fourth-order valence-corrected chi connectivity index (χ4v) is 5.99. The maximum absolute atomic E-state index is 12.8. The number of carbonyl (C=O) groups excluding carboxylic acids is 1. The number of benzene rings is 2. The normalized spacial score (nSPS) is 13.0. The molecule has 0 fully saturated rings. The summed E-state index contributed by atoms with van der Waals surface area (Å²) < 4.78 is 28.0. The van der Waals surface area contributed by atoms with Crippen molar-refractivity contribution in [3.05, 3.63) is 69.7 Å². The average Bonchev–Trinajstić information content (AvgIpc) is 3.17. The first-order chi connectivity index (χ1) is 15.0. The van der Waals surface area contributed by atoms with E-state index in [9.17, 15) is 13.2 Å². The number of halogens is 2. The Kier molecular flexibility index (Phi) is 7.57. The van der Waals surface area contributed by atoms with Crippen molar-refractivity contribution in [1.29, 1.82) is 0 Å². The summed E-state index contributed by atoms with van der Waals surface area (Å²) in [7, 11) is -3.91. The third-order valence-corrected chi connectivity index (χ3v) is 8.10. The third-order valence-electron chi connectivity index (χ3n) is 4.76. The minimum atomic E-state index is -3.91. The monoisotopic (exact) mass is 512 g/mol. The van der Waals surface area contributed by atoms with Gasteiger partial charge in [0.2, 0.25) is 9.47 Å². The summed E-state index contributed by atoms with van der Waals surface area (Å²) in [5.41, 5.74) is 1.07. The van der Waals surface area contributed by atoms with Crippen LogP contribution < -0.4 is 10.0 Å². The van der Waals surface area contributed by atoms with Crippen molar-refractivity contribution in [3.8, 4) is 0 Å². The van der Waals surface area contributed by atoms with Crippen molar-refractivity contribution in [3.63, 3.8) is 0 Å². The third kappa shape index (κ3) is 6.05. The number of carbonyl (C=O) groups is 1. The van der Waals surface area contributed by atoms with Crippen LogP contribution in [0.1, 0.15) is 43.1 Å². The highest BCUT2D eigenvalue weighted by atomic mass is 35.5. The van der Waals surface area contributed by atoms with Crippen molar-refractivity contribution in [2.24, 2.45) is 0 Å². The summed E-state index contributed by atoms with van der Waals surface area (Å²) in [6, 6.07) is 14.0. The van der Waals surface area contributed by atoms with Gasteiger partial charge in [-0.25, -0.2) is 13.1 Å². The largest absolute Gasteiger partial charge is 0.296 e. The second kappa shape index (κ2) is 9.84. The lowest BCUT2D eigenvalue weighted by atomic mass is 9.79. The molecule has 0 spiro atoms. The van der Waals surface area contributed by atoms with Crippen LogP contribution in [0.5, 0.6) is 0 Å². The van der Waals surface area contributed by atoms with E-state index in [1.165, 1.54) is 18.2 Å². The standard InChI is InChI=1S/C21H22Cl2N4O3S2/c1-13(12-21(2,3)14-7-5-4-6-8-14)27-32(29,30)20-26-25-19(31-20)24-18(28)16-10-9-15(22)11-17(16)23/h4-11,13,27H,12H2,1-3H3,(H,24,25,28). The predicted octanol–water partition coefficient (Wildman–Crippen LogP) is 5.13. The Balaban J connectivity index is 1.67. The summed E-state index contributed by atoms with van der Waals surface area (Å²) in [5.74, 6) is -0.544. The average molecular weight is 513 g/mol. The molecular weight excluding hydrogens is 491 g/mol. The summed E-state index contributed by atoms with van der Waals surface area (Å²) in [6.45, 7) is 5.93. The molecule has 3 rings (SSSR count). The van der Waals surface area contributed by atoms with Crippen LogP contribution in [-0.2, 0) is 15.4 Å². The molecule has 7 nitrogen and oxygen atoms in total. The summed E-state index contributed by atoms with van der Waals surface area (Å²) in [6.07, 6.45) is 0.577. The predicted molar refractivity (Wildman–Crippen MR) is 128 cm³/mol. The van der Waals surface area contributed by atoms with Crippen molar-refractivity contribution >= 4 is 55.6 Å². The topological polar surface area (TPSA) is 101 Å². The second-order valence-electron chi connectivity index (χ2n) is 7.93. The van der Waals surface area contributed by atoms with Gasteiger partial charge < -0.3 is 0 Å². The zero-order valence-electron chi connectivity index (χ0n) is 17.6. The Morgan fingerprint density at radius 2 is 1.81 bits per heavy atom. The van der Waals surface area contributed by atoms with Crippen LogP contribution in [0, 0.1) is 0 Å². The molecule has 1 aromatic heterocycles. The van der Waals surface area contributed by atoms with Gasteiger partial charge in [-0.05, 0) is 42.5 Å². The molecule has 2 aromatic carbocycles. The zero-order valence-corrected chi connectivity index (χ0v) is 20.7. The smallest absolute Gasteiger partial charge is 0.270 e. The van der Waals surface area contributed by atoms with Crippen LogP contribution in [0.4, 0.5) is 5.13 Å². The van der Waals surface area contributed by atoms with E-state index in [0.29, 0.717) is 11.4 Å². The molecule has 3 aromatic rings. The fraction of sp³-hybridized carbons (Fsp3) is 0.286. The van der Waals surface area contributed by atoms with Gasteiger partial charge in [-0.2, -0.15) is 0 Å². The van der Waals surface area contributed by atoms with Crippen LogP contribution in [0.25, 0.3) is 0 Å². The molecule has 0 aliphatic heterocycles. The fourth-order valence-electron chi connectivity index (χ4n) is 3.34. The zero-order chi connectivity index (χ0) is 23.5. The van der Waals surface area contributed by atoms with Gasteiger partial charge in [-0.3, -0.25) is 10.1 Å². The molecule has 0 saturated carbocycles. The van der Waals surface area contributed by atoms with Gasteiger partial charge in [0.1, 0.15) is 0 Å². The molecule has 1 amide bonds. The number of anilines is 1. The van der Waals surface area contributed by atoms with Gasteiger partial charge >= 0.3 is 0 Å². The number of rotatable bonds is 8. The second-order valence-corrected chi connectivity index (χ2v) is 11.6. The summed E-state index contributed by atoms with van der Waals surface area (Å²) in [4.78, 5) is 12.4. The van der Waals surface area contributed by atoms with E-state index in [4.69, 9.17) is 23.2 Å². The van der Waals surface area contributed by atoms with E-state index >= 15 is 0 Å². The molecule has 1 atom stereocenters.